The second kappa shape index (κ2) is 7.20. The molecule has 0 aliphatic heterocycles. The molecule has 4 nitrogen and oxygen atoms in total. The zero-order valence-corrected chi connectivity index (χ0v) is 15.0. The molecule has 0 saturated heterocycles. The molecule has 4 rings (SSSR count). The molecule has 0 amide bonds. The predicted molar refractivity (Wildman–Crippen MR) is 104 cm³/mol. The molecular weight excluding hydrogens is 367 g/mol. The van der Waals surface area contributed by atoms with Crippen LogP contribution >= 0.6 is 23.2 Å². The second-order valence-electron chi connectivity index (χ2n) is 5.48. The summed E-state index contributed by atoms with van der Waals surface area (Å²) in [6, 6.07) is 15.8. The summed E-state index contributed by atoms with van der Waals surface area (Å²) < 4.78 is 0. The highest BCUT2D eigenvalue weighted by atomic mass is 35.5. The molecule has 0 atom stereocenters. The minimum absolute atomic E-state index is 0.356. The van der Waals surface area contributed by atoms with Crippen molar-refractivity contribution in [3.63, 3.8) is 0 Å². The number of rotatable bonds is 3. The third-order valence-electron chi connectivity index (χ3n) is 3.96. The molecule has 0 aliphatic carbocycles. The number of benzene rings is 2. The fourth-order valence-electron chi connectivity index (χ4n) is 2.85. The SMILES string of the molecule is Clc1nccnc1-c1ccccc1-c1ccccc1-c1nccnc1Cl. The Morgan fingerprint density at radius 2 is 0.808 bits per heavy atom. The second-order valence-corrected chi connectivity index (χ2v) is 6.20. The average molecular weight is 379 g/mol. The Morgan fingerprint density at radius 1 is 0.462 bits per heavy atom. The first-order valence-electron chi connectivity index (χ1n) is 7.88. The smallest absolute Gasteiger partial charge is 0.155 e. The van der Waals surface area contributed by atoms with Crippen molar-refractivity contribution in [1.82, 2.24) is 19.9 Å². The maximum absolute atomic E-state index is 6.28. The van der Waals surface area contributed by atoms with Gasteiger partial charge in [-0.1, -0.05) is 71.7 Å². The average Bonchev–Trinajstić information content (AvgIpc) is 2.69. The van der Waals surface area contributed by atoms with Crippen molar-refractivity contribution < 1.29 is 0 Å². The van der Waals surface area contributed by atoms with Crippen molar-refractivity contribution in [2.75, 3.05) is 0 Å². The molecule has 0 spiro atoms. The van der Waals surface area contributed by atoms with Crippen LogP contribution in [0.2, 0.25) is 10.3 Å². The van der Waals surface area contributed by atoms with Gasteiger partial charge in [-0.15, -0.1) is 0 Å². The van der Waals surface area contributed by atoms with Gasteiger partial charge >= 0.3 is 0 Å². The Bertz CT molecular complexity index is 995. The van der Waals surface area contributed by atoms with Gasteiger partial charge in [-0.25, -0.2) is 9.97 Å². The molecule has 2 aromatic carbocycles. The fourth-order valence-corrected chi connectivity index (χ4v) is 3.27. The molecule has 2 aromatic heterocycles. The van der Waals surface area contributed by atoms with E-state index in [1.807, 2.05) is 48.5 Å². The van der Waals surface area contributed by atoms with Crippen molar-refractivity contribution in [1.29, 1.82) is 0 Å². The fraction of sp³-hybridized carbons (Fsp3) is 0. The van der Waals surface area contributed by atoms with Gasteiger partial charge < -0.3 is 0 Å². The van der Waals surface area contributed by atoms with E-state index in [1.54, 1.807) is 24.8 Å². The van der Waals surface area contributed by atoms with Gasteiger partial charge in [0.15, 0.2) is 10.3 Å². The van der Waals surface area contributed by atoms with Gasteiger partial charge in [-0.2, -0.15) is 0 Å². The van der Waals surface area contributed by atoms with E-state index in [9.17, 15) is 0 Å². The Labute approximate surface area is 160 Å². The van der Waals surface area contributed by atoms with E-state index in [2.05, 4.69) is 19.9 Å². The Balaban J connectivity index is 1.97. The summed E-state index contributed by atoms with van der Waals surface area (Å²) in [5, 5.41) is 0.713. The zero-order chi connectivity index (χ0) is 17.9. The quantitative estimate of drug-likeness (QED) is 0.467. The first-order valence-corrected chi connectivity index (χ1v) is 8.63. The van der Waals surface area contributed by atoms with E-state index in [0.717, 1.165) is 22.3 Å². The number of aromatic nitrogens is 4. The van der Waals surface area contributed by atoms with E-state index in [0.29, 0.717) is 21.7 Å². The standard InChI is InChI=1S/C20H12Cl2N4/c21-19-17(23-9-11-25-19)15-7-3-1-5-13(15)14-6-2-4-8-16(14)18-20(22)26-12-10-24-18/h1-12H. The third-order valence-corrected chi connectivity index (χ3v) is 4.51. The summed E-state index contributed by atoms with van der Waals surface area (Å²) in [6.07, 6.45) is 6.40. The molecule has 0 radical (unpaired) electrons. The third kappa shape index (κ3) is 3.05. The summed E-state index contributed by atoms with van der Waals surface area (Å²) >= 11 is 12.6. The lowest BCUT2D eigenvalue weighted by Crippen LogP contribution is -1.94. The van der Waals surface area contributed by atoms with Gasteiger partial charge in [0.2, 0.25) is 0 Å². The normalized spacial score (nSPS) is 10.7. The predicted octanol–water partition coefficient (Wildman–Crippen LogP) is 5.57. The summed E-state index contributed by atoms with van der Waals surface area (Å²) in [5.74, 6) is 0. The van der Waals surface area contributed by atoms with Crippen LogP contribution in [0.3, 0.4) is 0 Å². The number of halogens is 2. The van der Waals surface area contributed by atoms with Crippen molar-refractivity contribution in [3.05, 3.63) is 83.6 Å². The first kappa shape index (κ1) is 16.6. The van der Waals surface area contributed by atoms with Crippen LogP contribution in [-0.2, 0) is 0 Å². The molecule has 126 valence electrons. The molecule has 0 unspecified atom stereocenters. The highest BCUT2D eigenvalue weighted by Gasteiger charge is 2.17. The van der Waals surface area contributed by atoms with Gasteiger partial charge in [-0.05, 0) is 11.1 Å². The van der Waals surface area contributed by atoms with E-state index >= 15 is 0 Å². The molecule has 4 aromatic rings. The van der Waals surface area contributed by atoms with Gasteiger partial charge in [0.1, 0.15) is 11.4 Å². The molecular formula is C20H12Cl2N4. The van der Waals surface area contributed by atoms with Crippen LogP contribution in [0, 0.1) is 0 Å². The highest BCUT2D eigenvalue weighted by Crippen LogP contribution is 2.39. The number of hydrogen-bond donors (Lipinski definition) is 0. The van der Waals surface area contributed by atoms with Crippen molar-refractivity contribution in [2.45, 2.75) is 0 Å². The number of hydrogen-bond acceptors (Lipinski definition) is 4. The van der Waals surface area contributed by atoms with E-state index in [4.69, 9.17) is 23.2 Å². The van der Waals surface area contributed by atoms with E-state index in [-0.39, 0.29) is 0 Å². The largest absolute Gasteiger partial charge is 0.251 e. The Kier molecular flexibility index (Phi) is 4.61. The van der Waals surface area contributed by atoms with Crippen LogP contribution in [0.1, 0.15) is 0 Å². The topological polar surface area (TPSA) is 51.6 Å². The molecule has 0 fully saturated rings. The lowest BCUT2D eigenvalue weighted by atomic mass is 9.93. The monoisotopic (exact) mass is 378 g/mol. The lowest BCUT2D eigenvalue weighted by molar-refractivity contribution is 1.20. The first-order chi connectivity index (χ1) is 12.8. The summed E-state index contributed by atoms with van der Waals surface area (Å²) in [6.45, 7) is 0. The van der Waals surface area contributed by atoms with E-state index in [1.165, 1.54) is 0 Å². The van der Waals surface area contributed by atoms with Gasteiger partial charge in [0.25, 0.3) is 0 Å². The van der Waals surface area contributed by atoms with Gasteiger partial charge in [0.05, 0.1) is 0 Å². The minimum atomic E-state index is 0.356. The lowest BCUT2D eigenvalue weighted by Gasteiger charge is -2.14. The van der Waals surface area contributed by atoms with Crippen molar-refractivity contribution >= 4 is 23.2 Å². The molecule has 6 heteroatoms. The van der Waals surface area contributed by atoms with Crippen LogP contribution in [0.25, 0.3) is 33.6 Å². The molecule has 26 heavy (non-hydrogen) atoms. The van der Waals surface area contributed by atoms with Crippen LogP contribution in [0.4, 0.5) is 0 Å². The van der Waals surface area contributed by atoms with Crippen LogP contribution in [0.5, 0.6) is 0 Å². The summed E-state index contributed by atoms with van der Waals surface area (Å²) in [5.41, 5.74) is 4.96. The summed E-state index contributed by atoms with van der Waals surface area (Å²) in [4.78, 5) is 17.1. The Hall–Kier alpha value is -2.82. The molecule has 0 N–H and O–H groups in total. The maximum atomic E-state index is 6.28. The highest BCUT2D eigenvalue weighted by molar-refractivity contribution is 6.32. The van der Waals surface area contributed by atoms with Gasteiger partial charge in [-0.3, -0.25) is 9.97 Å². The molecule has 0 bridgehead atoms. The molecule has 0 aliphatic rings. The zero-order valence-electron chi connectivity index (χ0n) is 13.5. The van der Waals surface area contributed by atoms with Crippen LogP contribution in [0.15, 0.2) is 73.3 Å². The van der Waals surface area contributed by atoms with Crippen LogP contribution in [-0.4, -0.2) is 19.9 Å². The maximum Gasteiger partial charge on any atom is 0.155 e. The van der Waals surface area contributed by atoms with Crippen molar-refractivity contribution in [2.24, 2.45) is 0 Å². The van der Waals surface area contributed by atoms with Crippen LogP contribution < -0.4 is 0 Å². The Morgan fingerprint density at radius 3 is 1.19 bits per heavy atom. The molecule has 0 saturated carbocycles. The number of nitrogens with zero attached hydrogens (tertiary/aromatic N) is 4. The van der Waals surface area contributed by atoms with Gasteiger partial charge in [0, 0.05) is 35.9 Å². The summed E-state index contributed by atoms with van der Waals surface area (Å²) in [7, 11) is 0. The molecule has 2 heterocycles. The minimum Gasteiger partial charge on any atom is -0.251 e. The van der Waals surface area contributed by atoms with Crippen molar-refractivity contribution in [3.8, 4) is 33.6 Å². The van der Waals surface area contributed by atoms with E-state index < -0.39 is 0 Å².